The van der Waals surface area contributed by atoms with E-state index in [1.54, 1.807) is 19.1 Å². The number of phenols is 1. The molecule has 0 saturated heterocycles. The number of carbonyl (C=O) groups is 1. The van der Waals surface area contributed by atoms with E-state index in [-0.39, 0.29) is 11.5 Å². The Balaban J connectivity index is 2.49. The zero-order valence-corrected chi connectivity index (χ0v) is 9.90. The van der Waals surface area contributed by atoms with Crippen molar-refractivity contribution in [1.82, 2.24) is 0 Å². The fourth-order valence-corrected chi connectivity index (χ4v) is 1.71. The van der Waals surface area contributed by atoms with E-state index in [1.807, 2.05) is 37.3 Å². The van der Waals surface area contributed by atoms with Crippen molar-refractivity contribution in [1.29, 1.82) is 0 Å². The molecule has 0 aliphatic rings. The van der Waals surface area contributed by atoms with Gasteiger partial charge in [0.05, 0.1) is 0 Å². The molecule has 2 aromatic carbocycles. The normalized spacial score (nSPS) is 10.2. The summed E-state index contributed by atoms with van der Waals surface area (Å²) in [6, 6.07) is 12.9. The predicted molar refractivity (Wildman–Crippen MR) is 68.3 cm³/mol. The van der Waals surface area contributed by atoms with Gasteiger partial charge in [-0.15, -0.1) is 0 Å². The Kier molecular flexibility index (Phi) is 2.96. The number of aryl methyl sites for hydroxylation is 1. The van der Waals surface area contributed by atoms with Gasteiger partial charge < -0.3 is 5.11 Å². The van der Waals surface area contributed by atoms with Gasteiger partial charge in [-0.2, -0.15) is 0 Å². The molecule has 86 valence electrons. The molecule has 0 aliphatic heterocycles. The van der Waals surface area contributed by atoms with Crippen LogP contribution in [0.1, 0.15) is 22.8 Å². The maximum Gasteiger partial charge on any atom is 0.159 e. The SMILES string of the molecule is CC(=O)c1cccc(-c2ccc(C)c(O)c2)c1. The maximum absolute atomic E-state index is 11.3. The Bertz CT molecular complexity index is 571. The molecule has 0 aliphatic carbocycles. The number of ketones is 1. The van der Waals surface area contributed by atoms with Crippen LogP contribution in [0.4, 0.5) is 0 Å². The minimum absolute atomic E-state index is 0.0446. The molecule has 2 rings (SSSR count). The van der Waals surface area contributed by atoms with Crippen LogP contribution in [0.3, 0.4) is 0 Å². The number of hydrogen-bond donors (Lipinski definition) is 1. The number of rotatable bonds is 2. The molecule has 2 heteroatoms. The van der Waals surface area contributed by atoms with Crippen LogP contribution in [0.15, 0.2) is 42.5 Å². The average molecular weight is 226 g/mol. The number of aromatic hydroxyl groups is 1. The number of Topliss-reactive ketones (excluding diaryl/α,β-unsaturated/α-hetero) is 1. The number of hydrogen-bond acceptors (Lipinski definition) is 2. The smallest absolute Gasteiger partial charge is 0.159 e. The van der Waals surface area contributed by atoms with E-state index in [9.17, 15) is 9.90 Å². The molecule has 1 N–H and O–H groups in total. The Morgan fingerprint density at radius 2 is 1.76 bits per heavy atom. The Hall–Kier alpha value is -2.09. The van der Waals surface area contributed by atoms with Gasteiger partial charge in [-0.25, -0.2) is 0 Å². The largest absolute Gasteiger partial charge is 0.508 e. The highest BCUT2D eigenvalue weighted by atomic mass is 16.3. The quantitative estimate of drug-likeness (QED) is 0.795. The second kappa shape index (κ2) is 4.42. The second-order valence-electron chi connectivity index (χ2n) is 4.14. The lowest BCUT2D eigenvalue weighted by atomic mass is 10.0. The fourth-order valence-electron chi connectivity index (χ4n) is 1.71. The van der Waals surface area contributed by atoms with Crippen molar-refractivity contribution in [3.8, 4) is 16.9 Å². The summed E-state index contributed by atoms with van der Waals surface area (Å²) in [5.74, 6) is 0.318. The van der Waals surface area contributed by atoms with Gasteiger partial charge in [0.2, 0.25) is 0 Å². The van der Waals surface area contributed by atoms with Crippen molar-refractivity contribution >= 4 is 5.78 Å². The van der Waals surface area contributed by atoms with E-state index in [0.717, 1.165) is 16.7 Å². The maximum atomic E-state index is 11.3. The summed E-state index contributed by atoms with van der Waals surface area (Å²) in [6.45, 7) is 3.40. The van der Waals surface area contributed by atoms with Crippen LogP contribution in [0.5, 0.6) is 5.75 Å². The van der Waals surface area contributed by atoms with Gasteiger partial charge in [-0.1, -0.05) is 30.3 Å². The average Bonchev–Trinajstić information content (AvgIpc) is 2.33. The number of carbonyl (C=O) groups excluding carboxylic acids is 1. The summed E-state index contributed by atoms with van der Waals surface area (Å²) in [4.78, 5) is 11.3. The molecule has 0 heterocycles. The van der Waals surface area contributed by atoms with E-state index in [4.69, 9.17) is 0 Å². The van der Waals surface area contributed by atoms with Crippen LogP contribution < -0.4 is 0 Å². The van der Waals surface area contributed by atoms with Crippen molar-refractivity contribution < 1.29 is 9.90 Å². The highest BCUT2D eigenvalue weighted by Crippen LogP contribution is 2.26. The molecule has 0 unspecified atom stereocenters. The second-order valence-corrected chi connectivity index (χ2v) is 4.14. The van der Waals surface area contributed by atoms with E-state index < -0.39 is 0 Å². The van der Waals surface area contributed by atoms with E-state index >= 15 is 0 Å². The topological polar surface area (TPSA) is 37.3 Å². The molecule has 0 amide bonds. The molecule has 0 atom stereocenters. The van der Waals surface area contributed by atoms with Crippen LogP contribution >= 0.6 is 0 Å². The summed E-state index contributed by atoms with van der Waals surface area (Å²) < 4.78 is 0. The molecule has 2 aromatic rings. The Morgan fingerprint density at radius 1 is 1.06 bits per heavy atom. The lowest BCUT2D eigenvalue weighted by molar-refractivity contribution is 0.101. The zero-order valence-electron chi connectivity index (χ0n) is 9.90. The van der Waals surface area contributed by atoms with E-state index in [1.165, 1.54) is 0 Å². The minimum Gasteiger partial charge on any atom is -0.508 e. The van der Waals surface area contributed by atoms with Crippen LogP contribution in [0.2, 0.25) is 0 Å². The van der Waals surface area contributed by atoms with E-state index in [2.05, 4.69) is 0 Å². The first-order valence-electron chi connectivity index (χ1n) is 5.49. The summed E-state index contributed by atoms with van der Waals surface area (Å²) in [5.41, 5.74) is 3.38. The number of benzene rings is 2. The highest BCUT2D eigenvalue weighted by Gasteiger charge is 2.04. The molecular formula is C15H14O2. The molecule has 0 radical (unpaired) electrons. The lowest BCUT2D eigenvalue weighted by Crippen LogP contribution is -1.91. The summed E-state index contributed by atoms with van der Waals surface area (Å²) in [7, 11) is 0. The van der Waals surface area contributed by atoms with Gasteiger partial charge in [-0.05, 0) is 42.7 Å². The van der Waals surface area contributed by atoms with Crippen molar-refractivity contribution in [2.75, 3.05) is 0 Å². The zero-order chi connectivity index (χ0) is 12.4. The first-order valence-corrected chi connectivity index (χ1v) is 5.49. The van der Waals surface area contributed by atoms with Crippen LogP contribution in [0.25, 0.3) is 11.1 Å². The van der Waals surface area contributed by atoms with Gasteiger partial charge in [-0.3, -0.25) is 4.79 Å². The molecule has 0 spiro atoms. The lowest BCUT2D eigenvalue weighted by Gasteiger charge is -2.05. The van der Waals surface area contributed by atoms with Crippen LogP contribution in [0, 0.1) is 6.92 Å². The van der Waals surface area contributed by atoms with Gasteiger partial charge in [0.15, 0.2) is 5.78 Å². The van der Waals surface area contributed by atoms with Crippen LogP contribution in [-0.4, -0.2) is 10.9 Å². The summed E-state index contributed by atoms with van der Waals surface area (Å²) in [5, 5.41) is 9.67. The molecular weight excluding hydrogens is 212 g/mol. The standard InChI is InChI=1S/C15H14O2/c1-10-6-7-14(9-15(10)17)13-5-3-4-12(8-13)11(2)16/h3-9,17H,1-2H3. The van der Waals surface area contributed by atoms with Crippen molar-refractivity contribution in [3.63, 3.8) is 0 Å². The number of phenolic OH excluding ortho intramolecular Hbond substituents is 1. The minimum atomic E-state index is 0.0446. The van der Waals surface area contributed by atoms with Crippen LogP contribution in [-0.2, 0) is 0 Å². The third-order valence-corrected chi connectivity index (χ3v) is 2.81. The monoisotopic (exact) mass is 226 g/mol. The van der Waals surface area contributed by atoms with Gasteiger partial charge in [0, 0.05) is 5.56 Å². The van der Waals surface area contributed by atoms with Crippen molar-refractivity contribution in [2.24, 2.45) is 0 Å². The van der Waals surface area contributed by atoms with E-state index in [0.29, 0.717) is 5.56 Å². The van der Waals surface area contributed by atoms with Crippen molar-refractivity contribution in [2.45, 2.75) is 13.8 Å². The molecule has 0 bridgehead atoms. The molecule has 0 saturated carbocycles. The van der Waals surface area contributed by atoms with Gasteiger partial charge in [0.25, 0.3) is 0 Å². The fraction of sp³-hybridized carbons (Fsp3) is 0.133. The Labute approximate surface area is 101 Å². The third-order valence-electron chi connectivity index (χ3n) is 2.81. The first kappa shape index (κ1) is 11.4. The summed E-state index contributed by atoms with van der Waals surface area (Å²) >= 11 is 0. The van der Waals surface area contributed by atoms with Gasteiger partial charge in [0.1, 0.15) is 5.75 Å². The molecule has 0 fully saturated rings. The van der Waals surface area contributed by atoms with Gasteiger partial charge >= 0.3 is 0 Å². The third kappa shape index (κ3) is 2.36. The molecule has 2 nitrogen and oxygen atoms in total. The highest BCUT2D eigenvalue weighted by molar-refractivity contribution is 5.95. The summed E-state index contributed by atoms with van der Waals surface area (Å²) in [6.07, 6.45) is 0. The molecule has 0 aromatic heterocycles. The first-order chi connectivity index (χ1) is 8.08. The Morgan fingerprint density at radius 3 is 2.41 bits per heavy atom. The van der Waals surface area contributed by atoms with Crippen molar-refractivity contribution in [3.05, 3.63) is 53.6 Å². The predicted octanol–water partition coefficient (Wildman–Crippen LogP) is 3.57. The molecule has 17 heavy (non-hydrogen) atoms.